The third kappa shape index (κ3) is 1.58. The lowest BCUT2D eigenvalue weighted by atomic mass is 10.1. The van der Waals surface area contributed by atoms with Gasteiger partial charge < -0.3 is 14.8 Å². The molecule has 1 N–H and O–H groups in total. The van der Waals surface area contributed by atoms with Crippen LogP contribution < -0.4 is 5.32 Å². The van der Waals surface area contributed by atoms with E-state index in [0.717, 1.165) is 0 Å². The first-order valence-electron chi connectivity index (χ1n) is 5.35. The molecule has 0 saturated carbocycles. The van der Waals surface area contributed by atoms with Crippen molar-refractivity contribution in [1.29, 1.82) is 0 Å². The molecule has 5 nitrogen and oxygen atoms in total. The molecule has 0 saturated heterocycles. The number of fused-ring (bicyclic) bond motifs is 1. The molecule has 86 valence electrons. The van der Waals surface area contributed by atoms with Crippen molar-refractivity contribution in [2.24, 2.45) is 0 Å². The fourth-order valence-corrected chi connectivity index (χ4v) is 1.95. The number of aromatic nitrogens is 1. The average Bonchev–Trinajstić information content (AvgIpc) is 2.71. The van der Waals surface area contributed by atoms with Crippen LogP contribution >= 0.6 is 0 Å². The van der Waals surface area contributed by atoms with Gasteiger partial charge in [0.2, 0.25) is 5.91 Å². The number of nitrogens with one attached hydrogen (secondary N) is 1. The van der Waals surface area contributed by atoms with Gasteiger partial charge in [0.1, 0.15) is 11.7 Å². The molecule has 0 radical (unpaired) electrons. The van der Waals surface area contributed by atoms with E-state index in [1.807, 2.05) is 23.8 Å². The first-order chi connectivity index (χ1) is 7.65. The SMILES string of the molecule is CCNC(=O)C1Cn2cccc2C(=O)N1C. The van der Waals surface area contributed by atoms with Crippen molar-refractivity contribution in [3.05, 3.63) is 24.0 Å². The van der Waals surface area contributed by atoms with Crippen LogP contribution in [-0.2, 0) is 11.3 Å². The first kappa shape index (κ1) is 10.7. The zero-order valence-electron chi connectivity index (χ0n) is 9.43. The second kappa shape index (κ2) is 4.00. The number of rotatable bonds is 2. The third-order valence-corrected chi connectivity index (χ3v) is 2.86. The summed E-state index contributed by atoms with van der Waals surface area (Å²) in [5.41, 5.74) is 0.642. The normalized spacial score (nSPS) is 19.5. The Bertz CT molecular complexity index is 425. The second-order valence-electron chi connectivity index (χ2n) is 3.87. The molecule has 2 amide bonds. The van der Waals surface area contributed by atoms with E-state index in [9.17, 15) is 9.59 Å². The Morgan fingerprint density at radius 2 is 2.38 bits per heavy atom. The quantitative estimate of drug-likeness (QED) is 0.769. The molecule has 16 heavy (non-hydrogen) atoms. The van der Waals surface area contributed by atoms with Crippen molar-refractivity contribution in [3.8, 4) is 0 Å². The standard InChI is InChI=1S/C11H15N3O2/c1-3-12-10(15)9-7-14-6-4-5-8(14)11(16)13(9)2/h4-6,9H,3,7H2,1-2H3,(H,12,15). The van der Waals surface area contributed by atoms with Crippen LogP contribution in [0.15, 0.2) is 18.3 Å². The average molecular weight is 221 g/mol. The summed E-state index contributed by atoms with van der Waals surface area (Å²) in [5, 5.41) is 2.74. The van der Waals surface area contributed by atoms with Crippen molar-refractivity contribution < 1.29 is 9.59 Å². The molecular weight excluding hydrogens is 206 g/mol. The van der Waals surface area contributed by atoms with Gasteiger partial charge in [-0.1, -0.05) is 0 Å². The maximum Gasteiger partial charge on any atom is 0.270 e. The molecule has 1 aliphatic heterocycles. The number of carbonyl (C=O) groups is 2. The number of hydrogen-bond acceptors (Lipinski definition) is 2. The minimum atomic E-state index is -0.410. The zero-order valence-corrected chi connectivity index (χ0v) is 9.43. The molecular formula is C11H15N3O2. The Morgan fingerprint density at radius 1 is 1.62 bits per heavy atom. The Morgan fingerprint density at radius 3 is 3.06 bits per heavy atom. The molecule has 1 aliphatic rings. The second-order valence-corrected chi connectivity index (χ2v) is 3.87. The van der Waals surface area contributed by atoms with Gasteiger partial charge >= 0.3 is 0 Å². The molecule has 1 atom stereocenters. The van der Waals surface area contributed by atoms with Crippen LogP contribution in [0.2, 0.25) is 0 Å². The van der Waals surface area contributed by atoms with Crippen molar-refractivity contribution in [2.75, 3.05) is 13.6 Å². The van der Waals surface area contributed by atoms with Gasteiger partial charge in [0.15, 0.2) is 0 Å². The molecule has 2 heterocycles. The summed E-state index contributed by atoms with van der Waals surface area (Å²) >= 11 is 0. The van der Waals surface area contributed by atoms with Crippen LogP contribution in [0.5, 0.6) is 0 Å². The Labute approximate surface area is 94.0 Å². The van der Waals surface area contributed by atoms with Crippen LogP contribution in [0.3, 0.4) is 0 Å². The predicted molar refractivity (Wildman–Crippen MR) is 59.0 cm³/mol. The third-order valence-electron chi connectivity index (χ3n) is 2.86. The highest BCUT2D eigenvalue weighted by atomic mass is 16.2. The maximum absolute atomic E-state index is 11.9. The van der Waals surface area contributed by atoms with E-state index in [-0.39, 0.29) is 11.8 Å². The van der Waals surface area contributed by atoms with E-state index in [0.29, 0.717) is 18.8 Å². The Hall–Kier alpha value is -1.78. The maximum atomic E-state index is 11.9. The van der Waals surface area contributed by atoms with Crippen molar-refractivity contribution in [2.45, 2.75) is 19.5 Å². The predicted octanol–water partition coefficient (Wildman–Crippen LogP) is 0.0784. The van der Waals surface area contributed by atoms with Gasteiger partial charge in [-0.15, -0.1) is 0 Å². The van der Waals surface area contributed by atoms with Crippen molar-refractivity contribution >= 4 is 11.8 Å². The fraction of sp³-hybridized carbons (Fsp3) is 0.455. The van der Waals surface area contributed by atoms with Gasteiger partial charge in [-0.3, -0.25) is 9.59 Å². The number of amides is 2. The van der Waals surface area contributed by atoms with Gasteiger partial charge in [0.25, 0.3) is 5.91 Å². The first-order valence-corrected chi connectivity index (χ1v) is 5.35. The summed E-state index contributed by atoms with van der Waals surface area (Å²) in [7, 11) is 1.67. The van der Waals surface area contributed by atoms with E-state index >= 15 is 0 Å². The van der Waals surface area contributed by atoms with Crippen LogP contribution in [0, 0.1) is 0 Å². The molecule has 1 aromatic heterocycles. The van der Waals surface area contributed by atoms with E-state index in [1.165, 1.54) is 4.90 Å². The molecule has 5 heteroatoms. The van der Waals surface area contributed by atoms with E-state index in [4.69, 9.17) is 0 Å². The number of nitrogens with zero attached hydrogens (tertiary/aromatic N) is 2. The van der Waals surface area contributed by atoms with Gasteiger partial charge in [-0.2, -0.15) is 0 Å². The number of hydrogen-bond donors (Lipinski definition) is 1. The van der Waals surface area contributed by atoms with Gasteiger partial charge in [-0.25, -0.2) is 0 Å². The number of likely N-dealkylation sites (N-methyl/N-ethyl adjacent to an activating group) is 2. The molecule has 0 spiro atoms. The topological polar surface area (TPSA) is 54.3 Å². The van der Waals surface area contributed by atoms with Gasteiger partial charge in [0.05, 0.1) is 6.54 Å². The summed E-state index contributed by atoms with van der Waals surface area (Å²) in [6.45, 7) is 2.97. The van der Waals surface area contributed by atoms with E-state index < -0.39 is 6.04 Å². The highest BCUT2D eigenvalue weighted by molar-refractivity contribution is 5.97. The fourth-order valence-electron chi connectivity index (χ4n) is 1.95. The van der Waals surface area contributed by atoms with Crippen LogP contribution in [-0.4, -0.2) is 40.9 Å². The number of carbonyl (C=O) groups excluding carboxylic acids is 2. The molecule has 0 bridgehead atoms. The summed E-state index contributed by atoms with van der Waals surface area (Å²) in [5.74, 6) is -0.204. The van der Waals surface area contributed by atoms with Crippen LogP contribution in [0.4, 0.5) is 0 Å². The molecule has 0 aliphatic carbocycles. The molecule has 1 unspecified atom stereocenters. The Balaban J connectivity index is 2.26. The van der Waals surface area contributed by atoms with Crippen LogP contribution in [0.1, 0.15) is 17.4 Å². The summed E-state index contributed by atoms with van der Waals surface area (Å²) in [6.07, 6.45) is 1.83. The highest BCUT2D eigenvalue weighted by Crippen LogP contribution is 2.16. The smallest absolute Gasteiger partial charge is 0.270 e. The van der Waals surface area contributed by atoms with Gasteiger partial charge in [0, 0.05) is 19.8 Å². The lowest BCUT2D eigenvalue weighted by molar-refractivity contribution is -0.125. The zero-order chi connectivity index (χ0) is 11.7. The lowest BCUT2D eigenvalue weighted by Crippen LogP contribution is -2.53. The minimum Gasteiger partial charge on any atom is -0.355 e. The van der Waals surface area contributed by atoms with Crippen molar-refractivity contribution in [1.82, 2.24) is 14.8 Å². The Kier molecular flexibility index (Phi) is 2.68. The summed E-state index contributed by atoms with van der Waals surface area (Å²) < 4.78 is 1.82. The lowest BCUT2D eigenvalue weighted by Gasteiger charge is -2.32. The molecule has 1 aromatic rings. The van der Waals surface area contributed by atoms with Gasteiger partial charge in [-0.05, 0) is 19.1 Å². The van der Waals surface area contributed by atoms with E-state index in [1.54, 1.807) is 13.1 Å². The minimum absolute atomic E-state index is 0.0994. The largest absolute Gasteiger partial charge is 0.355 e. The van der Waals surface area contributed by atoms with E-state index in [2.05, 4.69) is 5.32 Å². The molecule has 2 rings (SSSR count). The summed E-state index contributed by atoms with van der Waals surface area (Å²) in [4.78, 5) is 25.2. The molecule has 0 aromatic carbocycles. The summed E-state index contributed by atoms with van der Waals surface area (Å²) in [6, 6.07) is 3.18. The molecule has 0 fully saturated rings. The van der Waals surface area contributed by atoms with Crippen molar-refractivity contribution in [3.63, 3.8) is 0 Å². The highest BCUT2D eigenvalue weighted by Gasteiger charge is 2.33. The monoisotopic (exact) mass is 221 g/mol. The van der Waals surface area contributed by atoms with Crippen LogP contribution in [0.25, 0.3) is 0 Å².